The molecule has 2 aliphatic carbocycles. The van der Waals surface area contributed by atoms with E-state index in [0.29, 0.717) is 25.7 Å². The fourth-order valence-corrected chi connectivity index (χ4v) is 8.48. The third-order valence-corrected chi connectivity index (χ3v) is 12.0. The molecule has 6 atom stereocenters. The van der Waals surface area contributed by atoms with Crippen molar-refractivity contribution in [2.24, 2.45) is 17.8 Å². The van der Waals surface area contributed by atoms with Crippen LogP contribution in [0.15, 0.2) is 60.7 Å². The number of ether oxygens (including phenoxy) is 3. The molecule has 65 heavy (non-hydrogen) atoms. The zero-order chi connectivity index (χ0) is 47.1. The molecule has 4 amide bonds. The van der Waals surface area contributed by atoms with E-state index in [4.69, 9.17) is 50.3 Å². The van der Waals surface area contributed by atoms with E-state index in [1.165, 1.54) is 38.1 Å². The van der Waals surface area contributed by atoms with Gasteiger partial charge in [-0.3, -0.25) is 34.6 Å². The molecule has 6 unspecified atom stereocenters. The summed E-state index contributed by atoms with van der Waals surface area (Å²) in [6.07, 6.45) is 11.2. The van der Waals surface area contributed by atoms with Crippen molar-refractivity contribution in [3.63, 3.8) is 0 Å². The van der Waals surface area contributed by atoms with Gasteiger partial charge in [-0.05, 0) is 94.5 Å². The largest absolute Gasteiger partial charge is 0.476 e. The van der Waals surface area contributed by atoms with E-state index < -0.39 is 111 Å². The molecule has 0 saturated heterocycles. The number of esters is 1. The number of halogens is 6. The number of rotatable bonds is 12. The average molecular weight is 934 g/mol. The molecule has 0 spiro atoms. The van der Waals surface area contributed by atoms with E-state index in [9.17, 15) is 24.0 Å². The molecule has 0 aliphatic heterocycles. The minimum Gasteiger partial charge on any atom is -0.476 e. The Kier molecular flexibility index (Phi) is 15.6. The Labute approximate surface area is 382 Å². The van der Waals surface area contributed by atoms with Gasteiger partial charge in [0.1, 0.15) is 40.9 Å². The van der Waals surface area contributed by atoms with Crippen LogP contribution in [0.1, 0.15) is 85.9 Å². The molecule has 6 rings (SSSR count). The summed E-state index contributed by atoms with van der Waals surface area (Å²) in [6.45, 7) is 3.07. The van der Waals surface area contributed by atoms with Crippen molar-refractivity contribution in [3.8, 4) is 58.4 Å². The zero-order valence-corrected chi connectivity index (χ0v) is 36.6. The number of terminal acetylenes is 2. The Bertz CT molecular complexity index is 2630. The van der Waals surface area contributed by atoms with Gasteiger partial charge in [-0.2, -0.15) is 0 Å². The number of benzene rings is 4. The maximum atomic E-state index is 15.5. The highest BCUT2D eigenvalue weighted by Crippen LogP contribution is 2.40. The highest BCUT2D eigenvalue weighted by Gasteiger charge is 2.41. The molecular formula is C49H42Cl2F4N2O8. The van der Waals surface area contributed by atoms with Crippen LogP contribution < -0.4 is 20.1 Å². The first kappa shape index (κ1) is 48.1. The van der Waals surface area contributed by atoms with Gasteiger partial charge in [0.25, 0.3) is 11.8 Å². The second-order valence-electron chi connectivity index (χ2n) is 15.7. The number of hydrogen-bond acceptors (Lipinski definition) is 8. The predicted octanol–water partition coefficient (Wildman–Crippen LogP) is 9.81. The summed E-state index contributed by atoms with van der Waals surface area (Å²) >= 11 is 12.3. The minimum atomic E-state index is -1.08. The number of hydrogen-bond donors (Lipinski definition) is 2. The molecule has 4 aromatic carbocycles. The van der Waals surface area contributed by atoms with E-state index in [0.717, 1.165) is 36.4 Å². The second-order valence-corrected chi connectivity index (χ2v) is 16.5. The quantitative estimate of drug-likeness (QED) is 0.0621. The summed E-state index contributed by atoms with van der Waals surface area (Å²) in [5, 5.41) is 4.21. The summed E-state index contributed by atoms with van der Waals surface area (Å²) in [4.78, 5) is 68.9. The van der Waals surface area contributed by atoms with Crippen molar-refractivity contribution >= 4 is 52.8 Å². The Balaban J connectivity index is 1.17. The van der Waals surface area contributed by atoms with Crippen molar-refractivity contribution in [2.75, 3.05) is 0 Å². The molecule has 4 aromatic rings. The highest BCUT2D eigenvalue weighted by molar-refractivity contribution is 6.32. The fourth-order valence-electron chi connectivity index (χ4n) is 8.09. The smallest absolute Gasteiger partial charge is 0.310 e. The third kappa shape index (κ3) is 11.0. The molecule has 2 aliphatic rings. The van der Waals surface area contributed by atoms with Crippen LogP contribution in [0.5, 0.6) is 11.5 Å². The zero-order valence-electron chi connectivity index (χ0n) is 35.1. The van der Waals surface area contributed by atoms with Crippen LogP contribution >= 0.6 is 23.2 Å². The standard InChI is InChI=1S/C49H42Cl2F4N2O8/c1-5-25(3)63-41-21-32(38(54)23-34(41)50)43-30(16-11-18-36(43)52)47(60)56-45(58)27-13-7-8-14-28(27)49(62)65-40-20-10-9-15-29(40)46(59)57-48(61)31-17-12-19-37(53)44(31)33-22-42(64-26(4)6-2)35(51)24-39(33)55/h1-2,11-12,16-19,21-29,40H,7-10,13-15,20H2,3-4H3,(H,56,58,60)(H,57,59,61). The number of amides is 4. The third-order valence-electron chi connectivity index (χ3n) is 11.4. The number of carbonyl (C=O) groups excluding carboxylic acids is 5. The maximum absolute atomic E-state index is 15.5. The molecule has 338 valence electrons. The summed E-state index contributed by atoms with van der Waals surface area (Å²) < 4.78 is 78.7. The SMILES string of the molecule is C#CC(C)Oc1cc(-c2c(F)cccc2C(=O)NC(=O)C2CCCCC2OC(=O)C2CCCCC2C(=O)NC(=O)c2cccc(F)c2-c2cc(OC(C)C#C)c(Cl)cc2F)c(F)cc1Cl. The second kappa shape index (κ2) is 21.1. The van der Waals surface area contributed by atoms with Crippen LogP contribution in [0.25, 0.3) is 22.3 Å². The predicted molar refractivity (Wildman–Crippen MR) is 234 cm³/mol. The van der Waals surface area contributed by atoms with E-state index in [1.54, 1.807) is 0 Å². The van der Waals surface area contributed by atoms with Crippen molar-refractivity contribution in [2.45, 2.75) is 83.5 Å². The number of imide groups is 2. The minimum absolute atomic E-state index is 0.0706. The van der Waals surface area contributed by atoms with E-state index >= 15 is 17.6 Å². The van der Waals surface area contributed by atoms with E-state index in [2.05, 4.69) is 22.5 Å². The summed E-state index contributed by atoms with van der Waals surface area (Å²) in [5.74, 6) is -7.21. The Hall–Kier alpha value is -6.35. The van der Waals surface area contributed by atoms with Crippen LogP contribution in [-0.4, -0.2) is 47.9 Å². The molecule has 2 saturated carbocycles. The Morgan fingerprint density at radius 3 is 1.49 bits per heavy atom. The number of nitrogens with one attached hydrogen (secondary N) is 2. The van der Waals surface area contributed by atoms with Crippen molar-refractivity contribution in [1.82, 2.24) is 10.6 Å². The van der Waals surface area contributed by atoms with Gasteiger partial charge in [0.2, 0.25) is 11.8 Å². The van der Waals surface area contributed by atoms with Gasteiger partial charge in [-0.15, -0.1) is 12.8 Å². The van der Waals surface area contributed by atoms with Gasteiger partial charge in [0.15, 0.2) is 12.2 Å². The Morgan fingerprint density at radius 1 is 0.615 bits per heavy atom. The summed E-state index contributed by atoms with van der Waals surface area (Å²) in [6, 6.07) is 10.8. The molecule has 16 heteroatoms. The van der Waals surface area contributed by atoms with Crippen LogP contribution in [0.2, 0.25) is 10.0 Å². The van der Waals surface area contributed by atoms with Crippen molar-refractivity contribution in [3.05, 3.63) is 105 Å². The van der Waals surface area contributed by atoms with Gasteiger partial charge >= 0.3 is 5.97 Å². The van der Waals surface area contributed by atoms with E-state index in [1.807, 2.05) is 0 Å². The van der Waals surface area contributed by atoms with Gasteiger partial charge in [-0.1, -0.05) is 66.4 Å². The molecule has 2 N–H and O–H groups in total. The monoisotopic (exact) mass is 932 g/mol. The summed E-state index contributed by atoms with van der Waals surface area (Å²) in [5.41, 5.74) is -2.51. The molecule has 0 radical (unpaired) electrons. The topological polar surface area (TPSA) is 137 Å². The first-order valence-corrected chi connectivity index (χ1v) is 21.5. The molecule has 10 nitrogen and oxygen atoms in total. The van der Waals surface area contributed by atoms with Crippen LogP contribution in [0.3, 0.4) is 0 Å². The lowest BCUT2D eigenvalue weighted by Crippen LogP contribution is -2.46. The normalized spacial score (nSPS) is 19.0. The van der Waals surface area contributed by atoms with Crippen LogP contribution in [0, 0.1) is 65.7 Å². The molecule has 2 fully saturated rings. The molecular weight excluding hydrogens is 891 g/mol. The summed E-state index contributed by atoms with van der Waals surface area (Å²) in [7, 11) is 0. The lowest BCUT2D eigenvalue weighted by Gasteiger charge is -2.34. The van der Waals surface area contributed by atoms with Gasteiger partial charge in [0.05, 0.1) is 38.9 Å². The average Bonchev–Trinajstić information content (AvgIpc) is 3.28. The molecule has 0 bridgehead atoms. The Morgan fingerprint density at radius 2 is 1.03 bits per heavy atom. The highest BCUT2D eigenvalue weighted by atomic mass is 35.5. The number of carbonyl (C=O) groups is 5. The first-order chi connectivity index (χ1) is 31.0. The van der Waals surface area contributed by atoms with E-state index in [-0.39, 0.29) is 58.4 Å². The molecule has 0 aromatic heterocycles. The van der Waals surface area contributed by atoms with Gasteiger partial charge < -0.3 is 14.2 Å². The van der Waals surface area contributed by atoms with Gasteiger partial charge in [0, 0.05) is 22.3 Å². The lowest BCUT2D eigenvalue weighted by atomic mass is 9.78. The fraction of sp³-hybridized carbons (Fsp3) is 0.327. The lowest BCUT2D eigenvalue weighted by molar-refractivity contribution is -0.165. The van der Waals surface area contributed by atoms with Crippen molar-refractivity contribution in [1.29, 1.82) is 0 Å². The van der Waals surface area contributed by atoms with Crippen molar-refractivity contribution < 1.29 is 55.7 Å². The van der Waals surface area contributed by atoms with Crippen LogP contribution in [0.4, 0.5) is 17.6 Å². The van der Waals surface area contributed by atoms with Gasteiger partial charge in [-0.25, -0.2) is 17.6 Å². The molecule has 0 heterocycles. The maximum Gasteiger partial charge on any atom is 0.310 e. The van der Waals surface area contributed by atoms with Crippen LogP contribution in [-0.2, 0) is 19.1 Å². The first-order valence-electron chi connectivity index (χ1n) is 20.7.